The van der Waals surface area contributed by atoms with Crippen molar-refractivity contribution in [1.82, 2.24) is 4.90 Å². The summed E-state index contributed by atoms with van der Waals surface area (Å²) < 4.78 is 6.26. The number of carbonyl (C=O) groups excluding carboxylic acids is 1. The summed E-state index contributed by atoms with van der Waals surface area (Å²) in [6, 6.07) is 7.84. The van der Waals surface area contributed by atoms with Crippen molar-refractivity contribution >= 4 is 27.6 Å². The first-order valence-corrected chi connectivity index (χ1v) is 7.24. The zero-order valence-corrected chi connectivity index (χ0v) is 12.9. The van der Waals surface area contributed by atoms with Gasteiger partial charge in [-0.15, -0.1) is 0 Å². The summed E-state index contributed by atoms with van der Waals surface area (Å²) in [5.41, 5.74) is 0.310. The molecule has 1 aliphatic rings. The van der Waals surface area contributed by atoms with E-state index in [4.69, 9.17) is 4.74 Å². The maximum atomic E-state index is 12.3. The molecule has 1 heterocycles. The molecule has 5 heteroatoms. The topological polar surface area (TPSA) is 41.6 Å². The van der Waals surface area contributed by atoms with E-state index in [1.165, 1.54) is 0 Å². The summed E-state index contributed by atoms with van der Waals surface area (Å²) in [6.45, 7) is 3.81. The fourth-order valence-corrected chi connectivity index (χ4v) is 2.66. The zero-order valence-electron chi connectivity index (χ0n) is 11.3. The highest BCUT2D eigenvalue weighted by atomic mass is 79.9. The lowest BCUT2D eigenvalue weighted by Gasteiger charge is -2.29. The van der Waals surface area contributed by atoms with Crippen molar-refractivity contribution in [2.24, 2.45) is 0 Å². The molecule has 0 radical (unpaired) electrons. The van der Waals surface area contributed by atoms with Gasteiger partial charge in [-0.05, 0) is 44.7 Å². The average molecular weight is 327 g/mol. The van der Waals surface area contributed by atoms with E-state index < -0.39 is 5.54 Å². The number of nitrogens with zero attached hydrogens (tertiary/aromatic N) is 1. The van der Waals surface area contributed by atoms with Crippen LogP contribution in [0.2, 0.25) is 0 Å². The lowest BCUT2D eigenvalue weighted by atomic mass is 9.98. The van der Waals surface area contributed by atoms with Crippen molar-refractivity contribution < 1.29 is 9.53 Å². The number of hydrogen-bond donors (Lipinski definition) is 1. The maximum Gasteiger partial charge on any atom is 0.333 e. The summed E-state index contributed by atoms with van der Waals surface area (Å²) in [7, 11) is 2.02. The SMILES string of the molecule is CCOC(=O)C1(Nc2ccc(Br)cc2)CCN(C)C1. The van der Waals surface area contributed by atoms with Crippen molar-refractivity contribution in [1.29, 1.82) is 0 Å². The van der Waals surface area contributed by atoms with Crippen molar-refractivity contribution in [2.75, 3.05) is 32.1 Å². The summed E-state index contributed by atoms with van der Waals surface area (Å²) in [6.07, 6.45) is 0.762. The number of likely N-dealkylation sites (N-methyl/N-ethyl adjacent to an activating group) is 1. The smallest absolute Gasteiger partial charge is 0.333 e. The molecule has 0 aromatic heterocycles. The highest BCUT2D eigenvalue weighted by Crippen LogP contribution is 2.27. The Morgan fingerprint density at radius 3 is 2.68 bits per heavy atom. The number of hydrogen-bond acceptors (Lipinski definition) is 4. The molecule has 1 aliphatic heterocycles. The molecule has 1 saturated heterocycles. The first-order valence-electron chi connectivity index (χ1n) is 6.45. The van der Waals surface area contributed by atoms with Crippen LogP contribution in [0.5, 0.6) is 0 Å². The number of carbonyl (C=O) groups is 1. The minimum Gasteiger partial charge on any atom is -0.464 e. The first-order chi connectivity index (χ1) is 9.05. The molecule has 1 fully saturated rings. The minimum absolute atomic E-state index is 0.165. The number of anilines is 1. The van der Waals surface area contributed by atoms with E-state index >= 15 is 0 Å². The quantitative estimate of drug-likeness (QED) is 0.863. The molecule has 0 amide bonds. The number of halogens is 1. The summed E-state index contributed by atoms with van der Waals surface area (Å²) in [4.78, 5) is 14.4. The van der Waals surface area contributed by atoms with Crippen molar-refractivity contribution in [3.05, 3.63) is 28.7 Å². The van der Waals surface area contributed by atoms with Gasteiger partial charge in [-0.3, -0.25) is 0 Å². The standard InChI is InChI=1S/C14H19BrN2O2/c1-3-19-13(18)14(8-9-17(2)10-14)16-12-6-4-11(15)5-7-12/h4-7,16H,3,8-10H2,1-2H3. The van der Waals surface area contributed by atoms with E-state index in [9.17, 15) is 4.79 Å². The van der Waals surface area contributed by atoms with Crippen molar-refractivity contribution in [2.45, 2.75) is 18.9 Å². The van der Waals surface area contributed by atoms with E-state index in [-0.39, 0.29) is 5.97 Å². The van der Waals surface area contributed by atoms with Crippen LogP contribution in [0.1, 0.15) is 13.3 Å². The molecule has 1 aromatic rings. The van der Waals surface area contributed by atoms with Crippen LogP contribution < -0.4 is 5.32 Å². The Kier molecular flexibility index (Phi) is 4.47. The van der Waals surface area contributed by atoms with Crippen LogP contribution >= 0.6 is 15.9 Å². The highest BCUT2D eigenvalue weighted by Gasteiger charge is 2.44. The third-order valence-electron chi connectivity index (χ3n) is 3.35. The predicted octanol–water partition coefficient (Wildman–Crippen LogP) is 2.50. The highest BCUT2D eigenvalue weighted by molar-refractivity contribution is 9.10. The van der Waals surface area contributed by atoms with Gasteiger partial charge in [0.15, 0.2) is 0 Å². The fourth-order valence-electron chi connectivity index (χ4n) is 2.40. The lowest BCUT2D eigenvalue weighted by Crippen LogP contribution is -2.49. The molecule has 0 bridgehead atoms. The van der Waals surface area contributed by atoms with Crippen LogP contribution in [-0.4, -0.2) is 43.2 Å². The van der Waals surface area contributed by atoms with E-state index in [2.05, 4.69) is 26.1 Å². The Bertz CT molecular complexity index is 449. The molecule has 2 rings (SSSR count). The Labute approximate surface area is 122 Å². The number of rotatable bonds is 4. The molecular formula is C14H19BrN2O2. The molecule has 1 atom stereocenters. The molecule has 0 saturated carbocycles. The van der Waals surface area contributed by atoms with Crippen LogP contribution in [0, 0.1) is 0 Å². The number of nitrogens with one attached hydrogen (secondary N) is 1. The van der Waals surface area contributed by atoms with Gasteiger partial charge in [0.25, 0.3) is 0 Å². The second kappa shape index (κ2) is 5.92. The van der Waals surface area contributed by atoms with Crippen molar-refractivity contribution in [3.8, 4) is 0 Å². The number of ether oxygens (including phenoxy) is 1. The summed E-state index contributed by atoms with van der Waals surface area (Å²) in [5, 5.41) is 3.36. The minimum atomic E-state index is -0.626. The lowest BCUT2D eigenvalue weighted by molar-refractivity contribution is -0.148. The molecule has 1 N–H and O–H groups in total. The monoisotopic (exact) mass is 326 g/mol. The van der Waals surface area contributed by atoms with Crippen LogP contribution in [0.4, 0.5) is 5.69 Å². The molecular weight excluding hydrogens is 308 g/mol. The van der Waals surface area contributed by atoms with Crippen molar-refractivity contribution in [3.63, 3.8) is 0 Å². The number of esters is 1. The molecule has 0 aliphatic carbocycles. The Balaban J connectivity index is 2.19. The molecule has 1 unspecified atom stereocenters. The molecule has 19 heavy (non-hydrogen) atoms. The van der Waals surface area contributed by atoms with Gasteiger partial charge >= 0.3 is 5.97 Å². The third-order valence-corrected chi connectivity index (χ3v) is 3.88. The fraction of sp³-hybridized carbons (Fsp3) is 0.500. The van der Waals surface area contributed by atoms with Gasteiger partial charge in [0, 0.05) is 23.2 Å². The summed E-state index contributed by atoms with van der Waals surface area (Å²) >= 11 is 3.41. The van der Waals surface area contributed by atoms with E-state index in [0.717, 1.165) is 23.1 Å². The van der Waals surface area contributed by atoms with Gasteiger partial charge < -0.3 is 15.0 Å². The van der Waals surface area contributed by atoms with Gasteiger partial charge in [0.1, 0.15) is 5.54 Å². The van der Waals surface area contributed by atoms with Gasteiger partial charge in [0.2, 0.25) is 0 Å². The second-order valence-electron chi connectivity index (χ2n) is 4.92. The Morgan fingerprint density at radius 1 is 1.47 bits per heavy atom. The first kappa shape index (κ1) is 14.3. The van der Waals surface area contributed by atoms with Gasteiger partial charge in [0.05, 0.1) is 6.61 Å². The van der Waals surface area contributed by atoms with Crippen LogP contribution in [-0.2, 0) is 9.53 Å². The van der Waals surface area contributed by atoms with E-state index in [1.54, 1.807) is 0 Å². The molecule has 104 valence electrons. The molecule has 0 spiro atoms. The molecule has 4 nitrogen and oxygen atoms in total. The van der Waals surface area contributed by atoms with E-state index in [1.807, 2.05) is 38.2 Å². The number of benzene rings is 1. The molecule has 1 aromatic carbocycles. The largest absolute Gasteiger partial charge is 0.464 e. The zero-order chi connectivity index (χ0) is 13.9. The van der Waals surface area contributed by atoms with Crippen LogP contribution in [0.15, 0.2) is 28.7 Å². The normalized spacial score (nSPS) is 23.3. The second-order valence-corrected chi connectivity index (χ2v) is 5.84. The predicted molar refractivity (Wildman–Crippen MR) is 79.2 cm³/mol. The average Bonchev–Trinajstić information content (AvgIpc) is 2.75. The van der Waals surface area contributed by atoms with Gasteiger partial charge in [-0.25, -0.2) is 4.79 Å². The summed E-state index contributed by atoms with van der Waals surface area (Å²) in [5.74, 6) is -0.165. The van der Waals surface area contributed by atoms with Crippen LogP contribution in [0.25, 0.3) is 0 Å². The Morgan fingerprint density at radius 2 is 2.16 bits per heavy atom. The maximum absolute atomic E-state index is 12.3. The van der Waals surface area contributed by atoms with Gasteiger partial charge in [-0.1, -0.05) is 15.9 Å². The van der Waals surface area contributed by atoms with E-state index in [0.29, 0.717) is 13.2 Å². The van der Waals surface area contributed by atoms with Gasteiger partial charge in [-0.2, -0.15) is 0 Å². The van der Waals surface area contributed by atoms with Crippen LogP contribution in [0.3, 0.4) is 0 Å². The Hall–Kier alpha value is -1.07. The third kappa shape index (κ3) is 3.28. The number of likely N-dealkylation sites (tertiary alicyclic amines) is 1.